The number of nitrogens with zero attached hydrogens (tertiary/aromatic N) is 5. The van der Waals surface area contributed by atoms with E-state index in [-0.39, 0.29) is 18.1 Å². The van der Waals surface area contributed by atoms with Gasteiger partial charge in [-0.05, 0) is 24.3 Å². The summed E-state index contributed by atoms with van der Waals surface area (Å²) >= 11 is 0. The fourth-order valence-electron chi connectivity index (χ4n) is 3.10. The van der Waals surface area contributed by atoms with Crippen molar-refractivity contribution in [2.45, 2.75) is 19.9 Å². The highest BCUT2D eigenvalue weighted by atomic mass is 16.5. The van der Waals surface area contributed by atoms with E-state index in [1.54, 1.807) is 43.3 Å². The zero-order chi connectivity index (χ0) is 22.5. The fourth-order valence-corrected chi connectivity index (χ4v) is 3.10. The van der Waals surface area contributed by atoms with Crippen LogP contribution in [-0.2, 0) is 13.0 Å². The van der Waals surface area contributed by atoms with Crippen molar-refractivity contribution in [1.29, 1.82) is 0 Å². The second-order valence-corrected chi connectivity index (χ2v) is 6.77. The van der Waals surface area contributed by atoms with Crippen molar-refractivity contribution in [2.75, 3.05) is 14.2 Å². The minimum absolute atomic E-state index is 0.244. The van der Waals surface area contributed by atoms with Crippen molar-refractivity contribution >= 4 is 5.91 Å². The van der Waals surface area contributed by atoms with Crippen LogP contribution in [0.15, 0.2) is 53.6 Å². The predicted molar refractivity (Wildman–Crippen MR) is 115 cm³/mol. The van der Waals surface area contributed by atoms with Crippen molar-refractivity contribution in [3.05, 3.63) is 66.1 Å². The Hall–Kier alpha value is -4.21. The number of carbonyl (C=O) groups excluding carboxylic acids is 1. The number of imidazole rings is 1. The minimum Gasteiger partial charge on any atom is -0.497 e. The van der Waals surface area contributed by atoms with E-state index in [2.05, 4.69) is 25.4 Å². The number of rotatable bonds is 8. The van der Waals surface area contributed by atoms with Gasteiger partial charge in [-0.3, -0.25) is 9.36 Å². The van der Waals surface area contributed by atoms with E-state index in [1.807, 2.05) is 25.1 Å². The molecule has 0 spiro atoms. The number of aromatic nitrogens is 5. The quantitative estimate of drug-likeness (QED) is 0.450. The predicted octanol–water partition coefficient (Wildman–Crippen LogP) is 2.83. The Morgan fingerprint density at radius 1 is 1.19 bits per heavy atom. The third-order valence-electron chi connectivity index (χ3n) is 4.79. The van der Waals surface area contributed by atoms with Crippen LogP contribution in [0.1, 0.15) is 28.8 Å². The Bertz CT molecular complexity index is 1230. The number of hydrogen-bond acceptors (Lipinski definition) is 8. The molecule has 1 aromatic carbocycles. The molecule has 10 nitrogen and oxygen atoms in total. The zero-order valence-electron chi connectivity index (χ0n) is 17.9. The molecule has 0 saturated heterocycles. The summed E-state index contributed by atoms with van der Waals surface area (Å²) in [6, 6.07) is 9.02. The van der Waals surface area contributed by atoms with Crippen LogP contribution in [0.4, 0.5) is 0 Å². The number of ether oxygens (including phenoxy) is 2. The van der Waals surface area contributed by atoms with Crippen LogP contribution in [-0.4, -0.2) is 44.8 Å². The molecule has 3 aromatic heterocycles. The lowest BCUT2D eigenvalue weighted by Gasteiger charge is -2.10. The lowest BCUT2D eigenvalue weighted by Crippen LogP contribution is -2.23. The third-order valence-corrected chi connectivity index (χ3v) is 4.79. The van der Waals surface area contributed by atoms with Gasteiger partial charge >= 0.3 is 0 Å². The van der Waals surface area contributed by atoms with Crippen LogP contribution in [0, 0.1) is 0 Å². The van der Waals surface area contributed by atoms with Crippen molar-refractivity contribution in [1.82, 2.24) is 30.0 Å². The Morgan fingerprint density at radius 2 is 2.06 bits per heavy atom. The molecule has 0 aliphatic rings. The van der Waals surface area contributed by atoms with E-state index >= 15 is 0 Å². The molecular formula is C22H22N6O4. The number of pyridine rings is 1. The topological polar surface area (TPSA) is 117 Å². The maximum atomic E-state index is 12.7. The Morgan fingerprint density at radius 3 is 2.81 bits per heavy atom. The summed E-state index contributed by atoms with van der Waals surface area (Å²) in [5.74, 6) is 2.46. The number of nitrogens with one attached hydrogen (secondary N) is 1. The van der Waals surface area contributed by atoms with Crippen molar-refractivity contribution < 1.29 is 18.8 Å². The Kier molecular flexibility index (Phi) is 6.11. The molecule has 0 bridgehead atoms. The standard InChI is InChI=1S/C22H22N6O4/c1-4-19-26-22(32-27-19)16-6-5-9-23-20(16)28-12-17(25-13-28)21(29)24-11-14-7-8-15(30-2)10-18(14)31-3/h5-10,12-13H,4,11H2,1-3H3,(H,24,29). The van der Waals surface area contributed by atoms with Gasteiger partial charge in [0.05, 0.1) is 19.8 Å². The Balaban J connectivity index is 1.52. The van der Waals surface area contributed by atoms with Gasteiger partial charge in [0.2, 0.25) is 0 Å². The maximum absolute atomic E-state index is 12.7. The average Bonchev–Trinajstić information content (AvgIpc) is 3.52. The fraction of sp³-hybridized carbons (Fsp3) is 0.227. The molecule has 1 amide bonds. The first-order valence-electron chi connectivity index (χ1n) is 9.94. The summed E-state index contributed by atoms with van der Waals surface area (Å²) in [5.41, 5.74) is 1.71. The monoisotopic (exact) mass is 434 g/mol. The molecule has 0 saturated carbocycles. The molecule has 0 atom stereocenters. The van der Waals surface area contributed by atoms with Crippen LogP contribution >= 0.6 is 0 Å². The van der Waals surface area contributed by atoms with E-state index in [9.17, 15) is 4.79 Å². The van der Waals surface area contributed by atoms with Gasteiger partial charge in [0.15, 0.2) is 11.6 Å². The van der Waals surface area contributed by atoms with E-state index < -0.39 is 0 Å². The van der Waals surface area contributed by atoms with Gasteiger partial charge in [0.25, 0.3) is 11.8 Å². The highest BCUT2D eigenvalue weighted by molar-refractivity contribution is 5.92. The van der Waals surface area contributed by atoms with Crippen LogP contribution < -0.4 is 14.8 Å². The molecule has 32 heavy (non-hydrogen) atoms. The van der Waals surface area contributed by atoms with E-state index in [4.69, 9.17) is 14.0 Å². The lowest BCUT2D eigenvalue weighted by atomic mass is 10.2. The summed E-state index contributed by atoms with van der Waals surface area (Å²) in [7, 11) is 3.15. The first kappa shape index (κ1) is 21.0. The summed E-state index contributed by atoms with van der Waals surface area (Å²) in [6.45, 7) is 2.22. The molecule has 0 radical (unpaired) electrons. The molecule has 3 heterocycles. The number of benzene rings is 1. The van der Waals surface area contributed by atoms with Gasteiger partial charge in [-0.1, -0.05) is 12.1 Å². The van der Waals surface area contributed by atoms with E-state index in [0.29, 0.717) is 41.0 Å². The average molecular weight is 434 g/mol. The second-order valence-electron chi connectivity index (χ2n) is 6.77. The van der Waals surface area contributed by atoms with Crippen molar-refractivity contribution in [3.63, 3.8) is 0 Å². The first-order chi connectivity index (χ1) is 15.6. The molecule has 0 aliphatic heterocycles. The number of carbonyl (C=O) groups is 1. The van der Waals surface area contributed by atoms with Gasteiger partial charge in [0.1, 0.15) is 23.5 Å². The summed E-state index contributed by atoms with van der Waals surface area (Å²) in [6.07, 6.45) is 5.43. The molecule has 164 valence electrons. The number of aryl methyl sites for hydroxylation is 1. The maximum Gasteiger partial charge on any atom is 0.271 e. The normalized spacial score (nSPS) is 10.7. The largest absolute Gasteiger partial charge is 0.497 e. The minimum atomic E-state index is -0.329. The van der Waals surface area contributed by atoms with Crippen LogP contribution in [0.3, 0.4) is 0 Å². The molecule has 0 unspecified atom stereocenters. The molecule has 10 heteroatoms. The van der Waals surface area contributed by atoms with E-state index in [1.165, 1.54) is 6.33 Å². The van der Waals surface area contributed by atoms with Crippen molar-refractivity contribution in [3.8, 4) is 28.8 Å². The van der Waals surface area contributed by atoms with Gasteiger partial charge < -0.3 is 19.3 Å². The highest BCUT2D eigenvalue weighted by Crippen LogP contribution is 2.25. The molecular weight excluding hydrogens is 412 g/mol. The number of methoxy groups -OCH3 is 2. The van der Waals surface area contributed by atoms with Crippen LogP contribution in [0.5, 0.6) is 11.5 Å². The Labute approximate surface area is 184 Å². The number of hydrogen-bond donors (Lipinski definition) is 1. The van der Waals surface area contributed by atoms with Crippen LogP contribution in [0.25, 0.3) is 17.3 Å². The molecule has 4 rings (SSSR count). The third kappa shape index (κ3) is 4.29. The molecule has 0 aliphatic carbocycles. The molecule has 4 aromatic rings. The zero-order valence-corrected chi connectivity index (χ0v) is 17.9. The van der Waals surface area contributed by atoms with Gasteiger partial charge in [-0.25, -0.2) is 9.97 Å². The summed E-state index contributed by atoms with van der Waals surface area (Å²) in [4.78, 5) is 25.7. The highest BCUT2D eigenvalue weighted by Gasteiger charge is 2.17. The van der Waals surface area contributed by atoms with Gasteiger partial charge in [-0.15, -0.1) is 0 Å². The van der Waals surface area contributed by atoms with Gasteiger partial charge in [0, 0.05) is 37.0 Å². The SMILES string of the molecule is CCc1noc(-c2cccnc2-n2cnc(C(=O)NCc3ccc(OC)cc3OC)c2)n1. The number of amides is 1. The second kappa shape index (κ2) is 9.29. The lowest BCUT2D eigenvalue weighted by molar-refractivity contribution is 0.0946. The summed E-state index contributed by atoms with van der Waals surface area (Å²) < 4.78 is 17.6. The molecule has 0 fully saturated rings. The smallest absolute Gasteiger partial charge is 0.271 e. The summed E-state index contributed by atoms with van der Waals surface area (Å²) in [5, 5.41) is 6.79. The molecule has 1 N–H and O–H groups in total. The van der Waals surface area contributed by atoms with Crippen LogP contribution in [0.2, 0.25) is 0 Å². The van der Waals surface area contributed by atoms with Gasteiger partial charge in [-0.2, -0.15) is 4.98 Å². The van der Waals surface area contributed by atoms with E-state index in [0.717, 1.165) is 5.56 Å². The first-order valence-corrected chi connectivity index (χ1v) is 9.94. The van der Waals surface area contributed by atoms with Crippen molar-refractivity contribution in [2.24, 2.45) is 0 Å².